The minimum atomic E-state index is -0.726. The van der Waals surface area contributed by atoms with Crippen LogP contribution in [-0.4, -0.2) is 10.8 Å². The Balaban J connectivity index is 2.39. The number of nitrogens with zero attached hydrogens (tertiary/aromatic N) is 1. The monoisotopic (exact) mass is 353 g/mol. The van der Waals surface area contributed by atoms with Gasteiger partial charge in [0.15, 0.2) is 0 Å². The maximum atomic E-state index is 13.1. The van der Waals surface area contributed by atoms with Crippen molar-refractivity contribution in [2.75, 3.05) is 0 Å². The molecule has 0 atom stereocenters. The van der Waals surface area contributed by atoms with Crippen LogP contribution in [0.4, 0.5) is 10.1 Å². The van der Waals surface area contributed by atoms with Crippen molar-refractivity contribution in [1.29, 1.82) is 5.41 Å². The maximum Gasteiger partial charge on any atom is 0.314 e. The van der Waals surface area contributed by atoms with Gasteiger partial charge in [-0.2, -0.15) is 0 Å². The van der Waals surface area contributed by atoms with Gasteiger partial charge < -0.3 is 10.5 Å². The summed E-state index contributed by atoms with van der Waals surface area (Å²) in [6, 6.07) is 7.63. The number of benzene rings is 2. The van der Waals surface area contributed by atoms with Gasteiger partial charge >= 0.3 is 5.69 Å². The number of nitrogens with one attached hydrogen (secondary N) is 1. The smallest absolute Gasteiger partial charge is 0.314 e. The van der Waals surface area contributed by atoms with Crippen molar-refractivity contribution in [2.45, 2.75) is 0 Å². The number of ether oxygens (including phenoxy) is 1. The first-order valence-corrected chi connectivity index (χ1v) is 6.43. The summed E-state index contributed by atoms with van der Waals surface area (Å²) in [5.74, 6) is -0.637. The Morgan fingerprint density at radius 2 is 1.95 bits per heavy atom. The predicted molar refractivity (Wildman–Crippen MR) is 78.3 cm³/mol. The first-order chi connectivity index (χ1) is 9.88. The second-order valence-electron chi connectivity index (χ2n) is 4.03. The van der Waals surface area contributed by atoms with Crippen LogP contribution in [0.25, 0.3) is 0 Å². The van der Waals surface area contributed by atoms with Gasteiger partial charge in [-0.3, -0.25) is 15.5 Å². The van der Waals surface area contributed by atoms with Gasteiger partial charge in [-0.05, 0) is 46.3 Å². The van der Waals surface area contributed by atoms with Crippen LogP contribution in [0, 0.1) is 21.3 Å². The standard InChI is InChI=1S/C13H9BrFN3O3/c14-9-5-7(13(16)17)1-3-11(9)21-12-4-2-8(15)6-10(12)18(19)20/h1-6H,(H3,16,17). The van der Waals surface area contributed by atoms with Crippen molar-refractivity contribution >= 4 is 27.5 Å². The van der Waals surface area contributed by atoms with Crippen molar-refractivity contribution < 1.29 is 14.1 Å². The largest absolute Gasteiger partial charge is 0.449 e. The zero-order chi connectivity index (χ0) is 15.6. The third-order valence-electron chi connectivity index (χ3n) is 2.58. The van der Waals surface area contributed by atoms with E-state index in [1.807, 2.05) is 0 Å². The highest BCUT2D eigenvalue weighted by molar-refractivity contribution is 9.10. The molecule has 0 aromatic heterocycles. The summed E-state index contributed by atoms with van der Waals surface area (Å²) in [5, 5.41) is 18.2. The van der Waals surface area contributed by atoms with E-state index >= 15 is 0 Å². The van der Waals surface area contributed by atoms with Crippen LogP contribution in [-0.2, 0) is 0 Å². The summed E-state index contributed by atoms with van der Waals surface area (Å²) in [5.41, 5.74) is 5.36. The van der Waals surface area contributed by atoms with Gasteiger partial charge in [0.05, 0.1) is 15.5 Å². The van der Waals surface area contributed by atoms with Crippen molar-refractivity contribution in [3.05, 3.63) is 62.4 Å². The van der Waals surface area contributed by atoms with Crippen molar-refractivity contribution in [1.82, 2.24) is 0 Å². The zero-order valence-corrected chi connectivity index (χ0v) is 12.1. The van der Waals surface area contributed by atoms with Crippen LogP contribution in [0.5, 0.6) is 11.5 Å². The molecule has 2 aromatic rings. The Bertz CT molecular complexity index is 737. The highest BCUT2D eigenvalue weighted by Crippen LogP contribution is 2.35. The molecule has 0 radical (unpaired) electrons. The number of hydrogen-bond acceptors (Lipinski definition) is 4. The minimum Gasteiger partial charge on any atom is -0.449 e. The molecule has 0 spiro atoms. The number of nitro groups is 1. The number of nitrogen functional groups attached to an aromatic ring is 1. The Hall–Kier alpha value is -2.48. The fourth-order valence-electron chi connectivity index (χ4n) is 1.59. The molecular formula is C13H9BrFN3O3. The lowest BCUT2D eigenvalue weighted by molar-refractivity contribution is -0.385. The third-order valence-corrected chi connectivity index (χ3v) is 3.20. The summed E-state index contributed by atoms with van der Waals surface area (Å²) < 4.78 is 19.0. The fraction of sp³-hybridized carbons (Fsp3) is 0. The van der Waals surface area contributed by atoms with E-state index in [9.17, 15) is 14.5 Å². The summed E-state index contributed by atoms with van der Waals surface area (Å²) in [7, 11) is 0. The van der Waals surface area contributed by atoms with Gasteiger partial charge in [-0.1, -0.05) is 0 Å². The number of nitro benzene ring substituents is 1. The topological polar surface area (TPSA) is 102 Å². The zero-order valence-electron chi connectivity index (χ0n) is 10.5. The Kier molecular flexibility index (Phi) is 4.18. The Labute approximate surface area is 127 Å². The number of nitrogens with two attached hydrogens (primary N) is 1. The van der Waals surface area contributed by atoms with Crippen LogP contribution in [0.15, 0.2) is 40.9 Å². The molecule has 21 heavy (non-hydrogen) atoms. The van der Waals surface area contributed by atoms with E-state index in [-0.39, 0.29) is 17.3 Å². The van der Waals surface area contributed by atoms with Crippen molar-refractivity contribution in [3.63, 3.8) is 0 Å². The number of halogens is 2. The van der Waals surface area contributed by atoms with Gasteiger partial charge in [0.2, 0.25) is 5.75 Å². The van der Waals surface area contributed by atoms with E-state index in [1.165, 1.54) is 18.2 Å². The quantitative estimate of drug-likeness (QED) is 0.379. The molecule has 0 bridgehead atoms. The molecule has 0 amide bonds. The molecule has 0 heterocycles. The average molecular weight is 354 g/mol. The highest BCUT2D eigenvalue weighted by atomic mass is 79.9. The molecule has 0 aliphatic heterocycles. The minimum absolute atomic E-state index is 0.0855. The molecular weight excluding hydrogens is 345 g/mol. The van der Waals surface area contributed by atoms with Gasteiger partial charge in [0, 0.05) is 5.56 Å². The van der Waals surface area contributed by atoms with E-state index in [4.69, 9.17) is 15.9 Å². The van der Waals surface area contributed by atoms with Gasteiger partial charge in [-0.25, -0.2) is 4.39 Å². The third kappa shape index (κ3) is 3.34. The number of rotatable bonds is 4. The first-order valence-electron chi connectivity index (χ1n) is 5.64. The lowest BCUT2D eigenvalue weighted by Gasteiger charge is -2.09. The molecule has 0 aliphatic rings. The second kappa shape index (κ2) is 5.88. The predicted octanol–water partition coefficient (Wildman–Crippen LogP) is 3.57. The Morgan fingerprint density at radius 3 is 2.52 bits per heavy atom. The molecule has 3 N–H and O–H groups in total. The Morgan fingerprint density at radius 1 is 1.29 bits per heavy atom. The fourth-order valence-corrected chi connectivity index (χ4v) is 2.05. The van der Waals surface area contributed by atoms with Crippen molar-refractivity contribution in [2.24, 2.45) is 5.73 Å². The van der Waals surface area contributed by atoms with E-state index in [1.54, 1.807) is 6.07 Å². The van der Waals surface area contributed by atoms with Gasteiger partial charge in [0.25, 0.3) is 0 Å². The molecule has 0 fully saturated rings. The molecule has 8 heteroatoms. The SMILES string of the molecule is N=C(N)c1ccc(Oc2ccc(F)cc2[N+](=O)[O-])c(Br)c1. The van der Waals surface area contributed by atoms with Crippen molar-refractivity contribution in [3.8, 4) is 11.5 Å². The van der Waals surface area contributed by atoms with Crippen LogP contribution < -0.4 is 10.5 Å². The lowest BCUT2D eigenvalue weighted by atomic mass is 10.2. The molecule has 0 saturated carbocycles. The van der Waals surface area contributed by atoms with E-state index in [2.05, 4.69) is 15.9 Å². The summed E-state index contributed by atoms with van der Waals surface area (Å²) in [6.45, 7) is 0. The molecule has 108 valence electrons. The second-order valence-corrected chi connectivity index (χ2v) is 4.88. The summed E-state index contributed by atoms with van der Waals surface area (Å²) in [6.07, 6.45) is 0. The molecule has 0 saturated heterocycles. The molecule has 2 aromatic carbocycles. The van der Waals surface area contributed by atoms with Crippen LogP contribution in [0.3, 0.4) is 0 Å². The average Bonchev–Trinajstić information content (AvgIpc) is 2.42. The highest BCUT2D eigenvalue weighted by Gasteiger charge is 2.18. The lowest BCUT2D eigenvalue weighted by Crippen LogP contribution is -2.10. The normalized spacial score (nSPS) is 10.2. The summed E-state index contributed by atoms with van der Waals surface area (Å²) >= 11 is 3.23. The molecule has 0 unspecified atom stereocenters. The van der Waals surface area contributed by atoms with Crippen LogP contribution in [0.1, 0.15) is 5.56 Å². The molecule has 0 aliphatic carbocycles. The van der Waals surface area contributed by atoms with E-state index in [0.717, 1.165) is 12.1 Å². The van der Waals surface area contributed by atoms with Gasteiger partial charge in [-0.15, -0.1) is 0 Å². The van der Waals surface area contributed by atoms with Gasteiger partial charge in [0.1, 0.15) is 17.4 Å². The van der Waals surface area contributed by atoms with E-state index in [0.29, 0.717) is 10.0 Å². The first kappa shape index (κ1) is 14.9. The molecule has 2 rings (SSSR count). The van der Waals surface area contributed by atoms with E-state index < -0.39 is 16.4 Å². The number of amidine groups is 1. The number of hydrogen-bond donors (Lipinski definition) is 2. The molecule has 6 nitrogen and oxygen atoms in total. The van der Waals surface area contributed by atoms with Crippen LogP contribution in [0.2, 0.25) is 0 Å². The summed E-state index contributed by atoms with van der Waals surface area (Å²) in [4.78, 5) is 10.2. The maximum absolute atomic E-state index is 13.1. The van der Waals surface area contributed by atoms with Crippen LogP contribution >= 0.6 is 15.9 Å².